The van der Waals surface area contributed by atoms with Gasteiger partial charge in [0.15, 0.2) is 0 Å². The third-order valence-electron chi connectivity index (χ3n) is 6.28. The lowest BCUT2D eigenvalue weighted by molar-refractivity contribution is -0.149. The molecule has 2 atom stereocenters. The highest BCUT2D eigenvalue weighted by Crippen LogP contribution is 2.42. The van der Waals surface area contributed by atoms with Crippen LogP contribution in [0.15, 0.2) is 60.7 Å². The predicted molar refractivity (Wildman–Crippen MR) is 110 cm³/mol. The number of ether oxygens (including phenoxy) is 1. The second kappa shape index (κ2) is 6.96. The van der Waals surface area contributed by atoms with E-state index in [4.69, 9.17) is 4.74 Å². The molecule has 0 radical (unpaired) electrons. The molecular formula is C24H26N2O2. The third kappa shape index (κ3) is 3.22. The molecule has 4 heteroatoms. The maximum atomic E-state index is 11.6. The molecule has 3 heterocycles. The average molecular weight is 374 g/mol. The Bertz CT molecular complexity index is 974. The first-order valence-electron chi connectivity index (χ1n) is 10.1. The zero-order valence-electron chi connectivity index (χ0n) is 16.2. The number of nitrogens with zero attached hydrogens (tertiary/aromatic N) is 2. The lowest BCUT2D eigenvalue weighted by atomic mass is 9.76. The van der Waals surface area contributed by atoms with Crippen molar-refractivity contribution in [1.29, 1.82) is 0 Å². The van der Waals surface area contributed by atoms with E-state index in [2.05, 4.69) is 58.4 Å². The Morgan fingerprint density at radius 1 is 1.04 bits per heavy atom. The lowest BCUT2D eigenvalue weighted by Gasteiger charge is -2.52. The first kappa shape index (κ1) is 17.8. The van der Waals surface area contributed by atoms with Crippen LogP contribution in [0, 0.1) is 6.92 Å². The van der Waals surface area contributed by atoms with Crippen molar-refractivity contribution in [3.05, 3.63) is 77.5 Å². The van der Waals surface area contributed by atoms with E-state index in [1.807, 2.05) is 19.1 Å². The molecule has 3 aromatic rings. The molecule has 0 amide bonds. The predicted octanol–water partition coefficient (Wildman–Crippen LogP) is 3.79. The molecule has 0 saturated carbocycles. The summed E-state index contributed by atoms with van der Waals surface area (Å²) in [5, 5.41) is 12.7. The monoisotopic (exact) mass is 374 g/mol. The number of aromatic nitrogens is 1. The Kier molecular flexibility index (Phi) is 4.43. The number of piperidine rings is 1. The van der Waals surface area contributed by atoms with Gasteiger partial charge < -0.3 is 9.84 Å². The van der Waals surface area contributed by atoms with Gasteiger partial charge in [-0.2, -0.15) is 0 Å². The molecule has 28 heavy (non-hydrogen) atoms. The van der Waals surface area contributed by atoms with Gasteiger partial charge in [0, 0.05) is 29.7 Å². The summed E-state index contributed by atoms with van der Waals surface area (Å²) in [4.78, 5) is 7.12. The number of fused-ring (bicyclic) bond motifs is 3. The Morgan fingerprint density at radius 2 is 1.79 bits per heavy atom. The highest BCUT2D eigenvalue weighted by Gasteiger charge is 2.46. The topological polar surface area (TPSA) is 45.6 Å². The quantitative estimate of drug-likeness (QED) is 0.758. The summed E-state index contributed by atoms with van der Waals surface area (Å²) in [6.07, 6.45) is 1.39. The molecule has 0 spiro atoms. The summed E-state index contributed by atoms with van der Waals surface area (Å²) >= 11 is 0. The zero-order valence-corrected chi connectivity index (χ0v) is 16.2. The van der Waals surface area contributed by atoms with E-state index in [9.17, 15) is 5.11 Å². The lowest BCUT2D eigenvalue weighted by Crippen LogP contribution is -2.60. The number of aryl methyl sites for hydroxylation is 1. The van der Waals surface area contributed by atoms with Gasteiger partial charge in [0.2, 0.25) is 0 Å². The van der Waals surface area contributed by atoms with Gasteiger partial charge in [0.25, 0.3) is 0 Å². The number of benzene rings is 2. The second-order valence-electron chi connectivity index (χ2n) is 8.30. The van der Waals surface area contributed by atoms with Gasteiger partial charge in [-0.25, -0.2) is 0 Å². The van der Waals surface area contributed by atoms with Gasteiger partial charge in [-0.1, -0.05) is 42.5 Å². The molecule has 5 rings (SSSR count). The Morgan fingerprint density at radius 3 is 2.54 bits per heavy atom. The third-order valence-corrected chi connectivity index (χ3v) is 6.28. The summed E-state index contributed by atoms with van der Waals surface area (Å²) < 4.78 is 5.85. The minimum Gasteiger partial charge on any atom is -0.385 e. The molecule has 2 saturated heterocycles. The van der Waals surface area contributed by atoms with Crippen LogP contribution in [0.1, 0.15) is 29.7 Å². The summed E-state index contributed by atoms with van der Waals surface area (Å²) in [7, 11) is 0. The van der Waals surface area contributed by atoms with Crippen LogP contribution in [0.5, 0.6) is 0 Å². The average Bonchev–Trinajstić information content (AvgIpc) is 2.69. The van der Waals surface area contributed by atoms with Crippen LogP contribution < -0.4 is 0 Å². The number of hydrogen-bond donors (Lipinski definition) is 1. The highest BCUT2D eigenvalue weighted by atomic mass is 16.5. The maximum absolute atomic E-state index is 11.6. The molecule has 2 aliphatic rings. The molecule has 2 bridgehead atoms. The Balaban J connectivity index is 1.43. The number of morpholine rings is 1. The second-order valence-corrected chi connectivity index (χ2v) is 8.30. The smallest absolute Gasteiger partial charge is 0.0928 e. The molecule has 4 nitrogen and oxygen atoms in total. The van der Waals surface area contributed by atoms with Crippen molar-refractivity contribution >= 4 is 10.9 Å². The zero-order chi connectivity index (χ0) is 19.1. The van der Waals surface area contributed by atoms with Crippen molar-refractivity contribution in [2.45, 2.75) is 44.0 Å². The molecule has 1 N–H and O–H groups in total. The largest absolute Gasteiger partial charge is 0.385 e. The van der Waals surface area contributed by atoms with Crippen molar-refractivity contribution < 1.29 is 9.84 Å². The van der Waals surface area contributed by atoms with Gasteiger partial charge in [0.1, 0.15) is 0 Å². The molecule has 144 valence electrons. The van der Waals surface area contributed by atoms with Gasteiger partial charge in [-0.05, 0) is 49.1 Å². The van der Waals surface area contributed by atoms with E-state index in [0.717, 1.165) is 28.7 Å². The number of pyridine rings is 1. The SMILES string of the molecule is Cc1ccc2cc(C3(O)CC4COCC(C3)N4Cc3ccccc3)ccc2n1. The summed E-state index contributed by atoms with van der Waals surface area (Å²) in [5.41, 5.74) is 3.50. The normalized spacial score (nSPS) is 27.8. The van der Waals surface area contributed by atoms with Crippen molar-refractivity contribution in [2.75, 3.05) is 13.2 Å². The van der Waals surface area contributed by atoms with Gasteiger partial charge in [-0.3, -0.25) is 9.88 Å². The molecular weight excluding hydrogens is 348 g/mol. The first-order chi connectivity index (χ1) is 13.6. The van der Waals surface area contributed by atoms with E-state index in [1.165, 1.54) is 5.56 Å². The summed E-state index contributed by atoms with van der Waals surface area (Å²) in [6, 6.07) is 21.4. The minimum absolute atomic E-state index is 0.226. The molecule has 1 aromatic heterocycles. The fourth-order valence-corrected chi connectivity index (χ4v) is 4.85. The summed E-state index contributed by atoms with van der Waals surface area (Å²) in [5.74, 6) is 0. The minimum atomic E-state index is -0.814. The number of hydrogen-bond acceptors (Lipinski definition) is 4. The fraction of sp³-hybridized carbons (Fsp3) is 0.375. The van der Waals surface area contributed by atoms with Crippen LogP contribution in [0.25, 0.3) is 10.9 Å². The molecule has 2 aromatic carbocycles. The molecule has 2 unspecified atom stereocenters. The van der Waals surface area contributed by atoms with E-state index >= 15 is 0 Å². The first-order valence-corrected chi connectivity index (χ1v) is 10.1. The maximum Gasteiger partial charge on any atom is 0.0928 e. The van der Waals surface area contributed by atoms with E-state index in [1.54, 1.807) is 0 Å². The molecule has 2 fully saturated rings. The van der Waals surface area contributed by atoms with E-state index in [0.29, 0.717) is 26.1 Å². The number of rotatable bonds is 3. The number of aliphatic hydroxyl groups is 1. The van der Waals surface area contributed by atoms with Crippen LogP contribution in [0.3, 0.4) is 0 Å². The van der Waals surface area contributed by atoms with Crippen molar-refractivity contribution in [3.8, 4) is 0 Å². The van der Waals surface area contributed by atoms with Crippen LogP contribution in [0.2, 0.25) is 0 Å². The standard InChI is InChI=1S/C24H26N2O2/c1-17-7-8-19-11-20(9-10-23(19)25-17)24(27)12-21-15-28-16-22(13-24)26(21)14-18-5-3-2-4-6-18/h2-11,21-22,27H,12-16H2,1H3. The van der Waals surface area contributed by atoms with Gasteiger partial charge in [-0.15, -0.1) is 0 Å². The Labute approximate surface area is 165 Å². The van der Waals surface area contributed by atoms with E-state index in [-0.39, 0.29) is 12.1 Å². The van der Waals surface area contributed by atoms with Crippen molar-refractivity contribution in [3.63, 3.8) is 0 Å². The van der Waals surface area contributed by atoms with E-state index < -0.39 is 5.60 Å². The molecule has 0 aliphatic carbocycles. The van der Waals surface area contributed by atoms with Crippen LogP contribution in [-0.2, 0) is 16.9 Å². The fourth-order valence-electron chi connectivity index (χ4n) is 4.85. The van der Waals surface area contributed by atoms with Gasteiger partial charge in [0.05, 0.1) is 24.3 Å². The van der Waals surface area contributed by atoms with Crippen LogP contribution in [-0.4, -0.2) is 40.3 Å². The Hall–Kier alpha value is -2.27. The molecule has 2 aliphatic heterocycles. The van der Waals surface area contributed by atoms with Crippen molar-refractivity contribution in [2.24, 2.45) is 0 Å². The summed E-state index contributed by atoms with van der Waals surface area (Å²) in [6.45, 7) is 4.28. The van der Waals surface area contributed by atoms with Crippen LogP contribution in [0.4, 0.5) is 0 Å². The van der Waals surface area contributed by atoms with Gasteiger partial charge >= 0.3 is 0 Å². The van der Waals surface area contributed by atoms with Crippen molar-refractivity contribution in [1.82, 2.24) is 9.88 Å². The van der Waals surface area contributed by atoms with Crippen LogP contribution >= 0.6 is 0 Å². The highest BCUT2D eigenvalue weighted by molar-refractivity contribution is 5.79.